The molecular formula is C17H34N2O. The van der Waals surface area contributed by atoms with Gasteiger partial charge in [-0.05, 0) is 51.1 Å². The lowest BCUT2D eigenvalue weighted by atomic mass is 9.67. The van der Waals surface area contributed by atoms with Crippen LogP contribution in [0.15, 0.2) is 0 Å². The van der Waals surface area contributed by atoms with Crippen molar-refractivity contribution in [3.63, 3.8) is 0 Å². The number of likely N-dealkylation sites (N-methyl/N-ethyl adjacent to an activating group) is 2. The van der Waals surface area contributed by atoms with Gasteiger partial charge in [0.25, 0.3) is 0 Å². The highest BCUT2D eigenvalue weighted by atomic mass is 16.5. The first-order chi connectivity index (χ1) is 9.49. The maximum Gasteiger partial charge on any atom is 0.0622 e. The summed E-state index contributed by atoms with van der Waals surface area (Å²) in [6.45, 7) is 9.11. The number of hydrogen-bond donors (Lipinski definition) is 1. The Morgan fingerprint density at radius 2 is 2.00 bits per heavy atom. The zero-order valence-electron chi connectivity index (χ0n) is 14.1. The molecule has 0 amide bonds. The van der Waals surface area contributed by atoms with Gasteiger partial charge in [0, 0.05) is 24.7 Å². The van der Waals surface area contributed by atoms with E-state index < -0.39 is 0 Å². The number of nitrogens with one attached hydrogen (secondary N) is 1. The van der Waals surface area contributed by atoms with E-state index in [1.54, 1.807) is 0 Å². The van der Waals surface area contributed by atoms with Crippen molar-refractivity contribution in [3.8, 4) is 0 Å². The minimum Gasteiger partial charge on any atom is -0.380 e. The van der Waals surface area contributed by atoms with Gasteiger partial charge in [0.2, 0.25) is 0 Å². The monoisotopic (exact) mass is 282 g/mol. The molecule has 4 atom stereocenters. The highest BCUT2D eigenvalue weighted by molar-refractivity contribution is 4.95. The third kappa shape index (κ3) is 3.37. The standard InChI is InChI=1S/C17H34N2O/c1-6-17(2,3)13-7-8-15(18-4)16(11-13)19(5)14-9-10-20-12-14/h13-16,18H,6-12H2,1-5H3. The fourth-order valence-corrected chi connectivity index (χ4v) is 4.05. The van der Waals surface area contributed by atoms with Crippen molar-refractivity contribution in [2.75, 3.05) is 27.3 Å². The Labute approximate surface area is 125 Å². The maximum absolute atomic E-state index is 5.59. The van der Waals surface area contributed by atoms with Crippen molar-refractivity contribution in [1.82, 2.24) is 10.2 Å². The summed E-state index contributed by atoms with van der Waals surface area (Å²) in [5, 5.41) is 3.57. The van der Waals surface area contributed by atoms with E-state index in [0.29, 0.717) is 23.5 Å². The predicted octanol–water partition coefficient (Wildman–Crippen LogP) is 2.90. The second-order valence-electron chi connectivity index (χ2n) is 7.50. The zero-order chi connectivity index (χ0) is 14.8. The van der Waals surface area contributed by atoms with Gasteiger partial charge in [-0.15, -0.1) is 0 Å². The second kappa shape index (κ2) is 6.76. The summed E-state index contributed by atoms with van der Waals surface area (Å²) in [6.07, 6.45) is 6.50. The molecule has 0 aromatic heterocycles. The lowest BCUT2D eigenvalue weighted by Gasteiger charge is -2.47. The minimum atomic E-state index is 0.476. The highest BCUT2D eigenvalue weighted by Gasteiger charge is 2.40. The normalized spacial score (nSPS) is 35.7. The summed E-state index contributed by atoms with van der Waals surface area (Å²) in [5.41, 5.74) is 0.476. The van der Waals surface area contributed by atoms with E-state index in [1.165, 1.54) is 32.1 Å². The molecule has 118 valence electrons. The molecule has 2 rings (SSSR count). The van der Waals surface area contributed by atoms with Crippen LogP contribution in [0, 0.1) is 11.3 Å². The molecule has 20 heavy (non-hydrogen) atoms. The molecular weight excluding hydrogens is 248 g/mol. The molecule has 1 heterocycles. The second-order valence-corrected chi connectivity index (χ2v) is 7.50. The smallest absolute Gasteiger partial charge is 0.0622 e. The van der Waals surface area contributed by atoms with Gasteiger partial charge in [0.05, 0.1) is 6.61 Å². The molecule has 0 bridgehead atoms. The topological polar surface area (TPSA) is 24.5 Å². The van der Waals surface area contributed by atoms with Crippen molar-refractivity contribution in [2.24, 2.45) is 11.3 Å². The lowest BCUT2D eigenvalue weighted by molar-refractivity contribution is 0.0403. The quantitative estimate of drug-likeness (QED) is 0.839. The lowest BCUT2D eigenvalue weighted by Crippen LogP contribution is -2.55. The van der Waals surface area contributed by atoms with Crippen molar-refractivity contribution in [3.05, 3.63) is 0 Å². The van der Waals surface area contributed by atoms with Gasteiger partial charge in [0.15, 0.2) is 0 Å². The van der Waals surface area contributed by atoms with Crippen LogP contribution in [0.3, 0.4) is 0 Å². The molecule has 0 aromatic carbocycles. The molecule has 2 fully saturated rings. The van der Waals surface area contributed by atoms with Crippen molar-refractivity contribution < 1.29 is 4.74 Å². The summed E-state index contributed by atoms with van der Waals surface area (Å²) >= 11 is 0. The highest BCUT2D eigenvalue weighted by Crippen LogP contribution is 2.42. The van der Waals surface area contributed by atoms with Crippen molar-refractivity contribution in [1.29, 1.82) is 0 Å². The molecule has 3 heteroatoms. The van der Waals surface area contributed by atoms with Gasteiger partial charge >= 0.3 is 0 Å². The van der Waals surface area contributed by atoms with Gasteiger partial charge in [-0.2, -0.15) is 0 Å². The van der Waals surface area contributed by atoms with Crippen LogP contribution in [0.2, 0.25) is 0 Å². The van der Waals surface area contributed by atoms with Crippen LogP contribution in [0.4, 0.5) is 0 Å². The fraction of sp³-hybridized carbons (Fsp3) is 1.00. The molecule has 1 saturated heterocycles. The van der Waals surface area contributed by atoms with Gasteiger partial charge in [-0.25, -0.2) is 0 Å². The third-order valence-electron chi connectivity index (χ3n) is 6.21. The van der Waals surface area contributed by atoms with E-state index >= 15 is 0 Å². The average molecular weight is 282 g/mol. The summed E-state index contributed by atoms with van der Waals surface area (Å²) in [4.78, 5) is 2.62. The Balaban J connectivity index is 2.05. The van der Waals surface area contributed by atoms with E-state index in [0.717, 1.165) is 19.1 Å². The summed E-state index contributed by atoms with van der Waals surface area (Å²) in [5.74, 6) is 0.854. The molecule has 1 aliphatic heterocycles. The predicted molar refractivity (Wildman–Crippen MR) is 85.0 cm³/mol. The van der Waals surface area contributed by atoms with Crippen molar-refractivity contribution >= 4 is 0 Å². The number of nitrogens with zero attached hydrogens (tertiary/aromatic N) is 1. The van der Waals surface area contributed by atoms with E-state index in [2.05, 4.69) is 45.1 Å². The SMILES string of the molecule is CCC(C)(C)C1CCC(NC)C(N(C)C2CCOC2)C1. The number of rotatable bonds is 5. The Morgan fingerprint density at radius 3 is 2.55 bits per heavy atom. The van der Waals surface area contributed by atoms with Crippen LogP contribution in [0.1, 0.15) is 52.9 Å². The van der Waals surface area contributed by atoms with Gasteiger partial charge in [-0.3, -0.25) is 4.90 Å². The number of hydrogen-bond acceptors (Lipinski definition) is 3. The van der Waals surface area contributed by atoms with Crippen molar-refractivity contribution in [2.45, 2.75) is 71.0 Å². The summed E-state index contributed by atoms with van der Waals surface area (Å²) < 4.78 is 5.59. The number of ether oxygens (including phenoxy) is 1. The summed E-state index contributed by atoms with van der Waals surface area (Å²) in [7, 11) is 4.44. The molecule has 1 aliphatic carbocycles. The molecule has 2 aliphatic rings. The Kier molecular flexibility index (Phi) is 5.49. The van der Waals surface area contributed by atoms with Gasteiger partial charge < -0.3 is 10.1 Å². The molecule has 0 radical (unpaired) electrons. The largest absolute Gasteiger partial charge is 0.380 e. The Morgan fingerprint density at radius 1 is 1.25 bits per heavy atom. The Hall–Kier alpha value is -0.120. The van der Waals surface area contributed by atoms with Crippen LogP contribution in [-0.2, 0) is 4.74 Å². The van der Waals surface area contributed by atoms with E-state index in [9.17, 15) is 0 Å². The van der Waals surface area contributed by atoms with E-state index in [4.69, 9.17) is 4.74 Å². The van der Waals surface area contributed by atoms with Crippen LogP contribution in [0.5, 0.6) is 0 Å². The maximum atomic E-state index is 5.59. The first-order valence-electron chi connectivity index (χ1n) is 8.46. The van der Waals surface area contributed by atoms with Gasteiger partial charge in [0.1, 0.15) is 0 Å². The van der Waals surface area contributed by atoms with Gasteiger partial charge in [-0.1, -0.05) is 27.2 Å². The first kappa shape index (κ1) is 16.3. The van der Waals surface area contributed by atoms with E-state index in [1.807, 2.05) is 0 Å². The first-order valence-corrected chi connectivity index (χ1v) is 8.46. The molecule has 1 N–H and O–H groups in total. The molecule has 0 aromatic rings. The fourth-order valence-electron chi connectivity index (χ4n) is 4.05. The molecule has 3 nitrogen and oxygen atoms in total. The third-order valence-corrected chi connectivity index (χ3v) is 6.21. The molecule has 1 saturated carbocycles. The van der Waals surface area contributed by atoms with Crippen LogP contribution >= 0.6 is 0 Å². The average Bonchev–Trinajstić information content (AvgIpc) is 3.00. The van der Waals surface area contributed by atoms with E-state index in [-0.39, 0.29) is 0 Å². The summed E-state index contributed by atoms with van der Waals surface area (Å²) in [6, 6.07) is 1.93. The van der Waals surface area contributed by atoms with Crippen LogP contribution in [0.25, 0.3) is 0 Å². The van der Waals surface area contributed by atoms with Crippen LogP contribution < -0.4 is 5.32 Å². The minimum absolute atomic E-state index is 0.476. The Bertz CT molecular complexity index is 299. The zero-order valence-corrected chi connectivity index (χ0v) is 14.1. The van der Waals surface area contributed by atoms with Crippen LogP contribution in [-0.4, -0.2) is 50.3 Å². The molecule has 0 spiro atoms. The molecule has 4 unspecified atom stereocenters.